The number of esters is 1. The Labute approximate surface area is 203 Å². The zero-order chi connectivity index (χ0) is 24.8. The molecular weight excluding hydrogens is 446 g/mol. The Hall–Kier alpha value is -4.20. The van der Waals surface area contributed by atoms with E-state index in [2.05, 4.69) is 16.0 Å². The number of carbonyl (C=O) groups is 4. The van der Waals surface area contributed by atoms with E-state index in [-0.39, 0.29) is 18.7 Å². The lowest BCUT2D eigenvalue weighted by Crippen LogP contribution is -2.63. The van der Waals surface area contributed by atoms with Crippen molar-refractivity contribution in [2.24, 2.45) is 0 Å². The van der Waals surface area contributed by atoms with Gasteiger partial charge in [0.25, 0.3) is 0 Å². The van der Waals surface area contributed by atoms with Gasteiger partial charge in [-0.05, 0) is 21.9 Å². The Kier molecular flexibility index (Phi) is 7.40. The molecule has 0 unspecified atom stereocenters. The molecule has 3 N–H and O–H groups in total. The first-order valence-electron chi connectivity index (χ1n) is 11.4. The van der Waals surface area contributed by atoms with Gasteiger partial charge < -0.3 is 20.7 Å². The van der Waals surface area contributed by atoms with Crippen LogP contribution in [0, 0.1) is 0 Å². The normalized spacial score (nSPS) is 18.3. The summed E-state index contributed by atoms with van der Waals surface area (Å²) in [5.41, 5.74) is 1.77. The fourth-order valence-corrected chi connectivity index (χ4v) is 4.19. The van der Waals surface area contributed by atoms with Crippen molar-refractivity contribution in [2.45, 2.75) is 37.4 Å². The van der Waals surface area contributed by atoms with Gasteiger partial charge in [0, 0.05) is 12.8 Å². The SMILES string of the molecule is COC(=O)[C@@H](Cc1ccc2ccccc2c1)NC(=O)C[C@@H]1NC(=O)[C@H](Cc2ccccc2)NC1=O. The fourth-order valence-electron chi connectivity index (χ4n) is 4.19. The molecule has 3 aromatic rings. The maximum atomic E-state index is 12.7. The van der Waals surface area contributed by atoms with E-state index >= 15 is 0 Å². The molecule has 3 aromatic carbocycles. The third-order valence-corrected chi connectivity index (χ3v) is 6.01. The Balaban J connectivity index is 1.37. The van der Waals surface area contributed by atoms with Crippen LogP contribution in [-0.2, 0) is 36.8 Å². The van der Waals surface area contributed by atoms with Crippen molar-refractivity contribution in [2.75, 3.05) is 7.11 Å². The molecule has 0 aromatic heterocycles. The minimum atomic E-state index is -1.02. The third-order valence-electron chi connectivity index (χ3n) is 6.01. The summed E-state index contributed by atoms with van der Waals surface area (Å²) >= 11 is 0. The van der Waals surface area contributed by atoms with Gasteiger partial charge in [0.05, 0.1) is 13.5 Å². The molecule has 1 aliphatic rings. The van der Waals surface area contributed by atoms with E-state index < -0.39 is 35.9 Å². The minimum Gasteiger partial charge on any atom is -0.467 e. The third kappa shape index (κ3) is 6.03. The van der Waals surface area contributed by atoms with Crippen molar-refractivity contribution >= 4 is 34.5 Å². The molecule has 0 spiro atoms. The second kappa shape index (κ2) is 10.8. The second-order valence-electron chi connectivity index (χ2n) is 8.55. The smallest absolute Gasteiger partial charge is 0.328 e. The second-order valence-corrected chi connectivity index (χ2v) is 8.55. The van der Waals surface area contributed by atoms with Gasteiger partial charge >= 0.3 is 5.97 Å². The molecule has 1 fully saturated rings. The number of fused-ring (bicyclic) bond motifs is 1. The Bertz CT molecular complexity index is 1240. The zero-order valence-corrected chi connectivity index (χ0v) is 19.3. The van der Waals surface area contributed by atoms with Crippen molar-refractivity contribution < 1.29 is 23.9 Å². The number of benzene rings is 3. The van der Waals surface area contributed by atoms with E-state index in [1.807, 2.05) is 72.8 Å². The molecule has 0 saturated carbocycles. The number of piperazine rings is 1. The first-order chi connectivity index (χ1) is 16.9. The van der Waals surface area contributed by atoms with Gasteiger partial charge in [-0.1, -0.05) is 72.8 Å². The van der Waals surface area contributed by atoms with Gasteiger partial charge in [-0.25, -0.2) is 4.79 Å². The van der Waals surface area contributed by atoms with Gasteiger partial charge in [-0.2, -0.15) is 0 Å². The number of amides is 3. The first kappa shape index (κ1) is 23.9. The number of methoxy groups -OCH3 is 1. The summed E-state index contributed by atoms with van der Waals surface area (Å²) in [6, 6.07) is 20.3. The number of nitrogens with one attached hydrogen (secondary N) is 3. The van der Waals surface area contributed by atoms with Gasteiger partial charge in [-0.3, -0.25) is 14.4 Å². The number of ether oxygens (including phenoxy) is 1. The van der Waals surface area contributed by atoms with Gasteiger partial charge in [0.2, 0.25) is 17.7 Å². The summed E-state index contributed by atoms with van der Waals surface area (Å²) in [4.78, 5) is 50.2. The van der Waals surface area contributed by atoms with Crippen LogP contribution >= 0.6 is 0 Å². The highest BCUT2D eigenvalue weighted by Gasteiger charge is 2.35. The van der Waals surface area contributed by atoms with Crippen molar-refractivity contribution in [3.8, 4) is 0 Å². The van der Waals surface area contributed by atoms with Crippen molar-refractivity contribution in [3.63, 3.8) is 0 Å². The van der Waals surface area contributed by atoms with Crippen LogP contribution in [0.25, 0.3) is 10.8 Å². The topological polar surface area (TPSA) is 114 Å². The standard InChI is InChI=1S/C27H27N3O5/c1-35-27(34)23(15-18-11-12-19-9-5-6-10-20(19)13-18)28-24(31)16-22-26(33)29-21(25(32)30-22)14-17-7-3-2-4-8-17/h2-13,21-23H,14-16H2,1H3,(H,28,31)(H,29,33)(H,30,32)/t21-,22-,23+/m0/s1. The largest absolute Gasteiger partial charge is 0.467 e. The Morgan fingerprint density at radius 3 is 2.26 bits per heavy atom. The van der Waals surface area contributed by atoms with Gasteiger partial charge in [0.1, 0.15) is 18.1 Å². The Morgan fingerprint density at radius 1 is 0.857 bits per heavy atom. The van der Waals surface area contributed by atoms with Gasteiger partial charge in [-0.15, -0.1) is 0 Å². The molecule has 0 radical (unpaired) electrons. The van der Waals surface area contributed by atoms with E-state index in [1.54, 1.807) is 0 Å². The summed E-state index contributed by atoms with van der Waals surface area (Å²) in [7, 11) is 1.25. The number of carbonyl (C=O) groups excluding carboxylic acids is 4. The summed E-state index contributed by atoms with van der Waals surface area (Å²) in [5.74, 6) is -1.92. The lowest BCUT2D eigenvalue weighted by atomic mass is 10.00. The molecule has 8 heteroatoms. The predicted octanol–water partition coefficient (Wildman–Crippen LogP) is 1.66. The summed E-state index contributed by atoms with van der Waals surface area (Å²) in [6.45, 7) is 0. The van der Waals surface area contributed by atoms with Crippen LogP contribution < -0.4 is 16.0 Å². The van der Waals surface area contributed by atoms with Crippen LogP contribution in [0.5, 0.6) is 0 Å². The minimum absolute atomic E-state index is 0.228. The van der Waals surface area contributed by atoms with E-state index in [0.29, 0.717) is 6.42 Å². The molecule has 180 valence electrons. The maximum absolute atomic E-state index is 12.7. The molecule has 0 bridgehead atoms. The summed E-state index contributed by atoms with van der Waals surface area (Å²) < 4.78 is 4.87. The molecule has 1 saturated heterocycles. The Morgan fingerprint density at radius 2 is 1.51 bits per heavy atom. The highest BCUT2D eigenvalue weighted by molar-refractivity contribution is 5.99. The molecule has 8 nitrogen and oxygen atoms in total. The molecule has 3 atom stereocenters. The molecule has 0 aliphatic carbocycles. The number of rotatable bonds is 8. The van der Waals surface area contributed by atoms with Crippen LogP contribution in [0.15, 0.2) is 72.8 Å². The van der Waals surface area contributed by atoms with Crippen LogP contribution in [0.1, 0.15) is 17.5 Å². The molecular formula is C27H27N3O5. The van der Waals surface area contributed by atoms with E-state index in [1.165, 1.54) is 7.11 Å². The maximum Gasteiger partial charge on any atom is 0.328 e. The van der Waals surface area contributed by atoms with Crippen LogP contribution in [0.3, 0.4) is 0 Å². The number of hydrogen-bond donors (Lipinski definition) is 3. The monoisotopic (exact) mass is 473 g/mol. The van der Waals surface area contributed by atoms with Gasteiger partial charge in [0.15, 0.2) is 0 Å². The highest BCUT2D eigenvalue weighted by Crippen LogP contribution is 2.17. The van der Waals surface area contributed by atoms with Crippen LogP contribution in [0.4, 0.5) is 0 Å². The van der Waals surface area contributed by atoms with E-state index in [4.69, 9.17) is 4.74 Å². The summed E-state index contributed by atoms with van der Waals surface area (Å²) in [5, 5.41) is 10.1. The quantitative estimate of drug-likeness (QED) is 0.431. The van der Waals surface area contributed by atoms with Crippen molar-refractivity contribution in [1.29, 1.82) is 0 Å². The number of hydrogen-bond acceptors (Lipinski definition) is 5. The van der Waals surface area contributed by atoms with Crippen LogP contribution in [-0.4, -0.2) is 48.9 Å². The molecule has 4 rings (SSSR count). The lowest BCUT2D eigenvalue weighted by molar-refractivity contribution is -0.145. The molecule has 3 amide bonds. The molecule has 1 aliphatic heterocycles. The average Bonchev–Trinajstić information content (AvgIpc) is 2.86. The lowest BCUT2D eigenvalue weighted by Gasteiger charge is -2.29. The first-order valence-corrected chi connectivity index (χ1v) is 11.4. The van der Waals surface area contributed by atoms with Crippen molar-refractivity contribution in [3.05, 3.63) is 83.9 Å². The fraction of sp³-hybridized carbons (Fsp3) is 0.259. The molecule has 35 heavy (non-hydrogen) atoms. The van der Waals surface area contributed by atoms with E-state index in [0.717, 1.165) is 21.9 Å². The van der Waals surface area contributed by atoms with E-state index in [9.17, 15) is 19.2 Å². The highest BCUT2D eigenvalue weighted by atomic mass is 16.5. The average molecular weight is 474 g/mol. The zero-order valence-electron chi connectivity index (χ0n) is 19.3. The van der Waals surface area contributed by atoms with Crippen molar-refractivity contribution in [1.82, 2.24) is 16.0 Å². The van der Waals surface area contributed by atoms with Crippen LogP contribution in [0.2, 0.25) is 0 Å². The molecule has 1 heterocycles. The summed E-state index contributed by atoms with van der Waals surface area (Å²) in [6.07, 6.45) is 0.292. The predicted molar refractivity (Wildman–Crippen MR) is 130 cm³/mol.